The normalized spacial score (nSPS) is 11.3. The molecule has 3 N–H and O–H groups in total. The van der Waals surface area contributed by atoms with Gasteiger partial charge in [-0.2, -0.15) is 0 Å². The number of amides is 1. The van der Waals surface area contributed by atoms with Gasteiger partial charge in [0, 0.05) is 37.2 Å². The summed E-state index contributed by atoms with van der Waals surface area (Å²) in [6.07, 6.45) is 0.113. The van der Waals surface area contributed by atoms with E-state index in [0.717, 1.165) is 0 Å². The lowest BCUT2D eigenvalue weighted by Crippen LogP contribution is -2.30. The third-order valence-corrected chi connectivity index (χ3v) is 4.56. The molecule has 0 bridgehead atoms. The van der Waals surface area contributed by atoms with E-state index in [2.05, 4.69) is 20.7 Å². The Labute approximate surface area is 121 Å². The van der Waals surface area contributed by atoms with Crippen molar-refractivity contribution in [3.63, 3.8) is 0 Å². The van der Waals surface area contributed by atoms with Crippen LogP contribution in [-0.2, 0) is 14.8 Å². The molecule has 0 aliphatic heterocycles. The minimum atomic E-state index is -3.63. The van der Waals surface area contributed by atoms with E-state index < -0.39 is 10.0 Å². The van der Waals surface area contributed by atoms with Crippen LogP contribution in [-0.4, -0.2) is 39.9 Å². The van der Waals surface area contributed by atoms with Crippen LogP contribution in [0.25, 0.3) is 0 Å². The van der Waals surface area contributed by atoms with Gasteiger partial charge in [0.1, 0.15) is 0 Å². The van der Waals surface area contributed by atoms with Gasteiger partial charge in [-0.1, -0.05) is 0 Å². The van der Waals surface area contributed by atoms with Gasteiger partial charge in [0.25, 0.3) is 0 Å². The molecule has 0 aromatic heterocycles. The maximum absolute atomic E-state index is 11.9. The first-order valence-corrected chi connectivity index (χ1v) is 7.76. The number of sulfonamides is 1. The van der Waals surface area contributed by atoms with E-state index in [1.54, 1.807) is 14.1 Å². The minimum Gasteiger partial charge on any atom is -0.398 e. The predicted octanol–water partition coefficient (Wildman–Crippen LogP) is 0.788. The molecule has 8 heteroatoms. The van der Waals surface area contributed by atoms with Gasteiger partial charge >= 0.3 is 0 Å². The molecule has 6 nitrogen and oxygen atoms in total. The van der Waals surface area contributed by atoms with Crippen molar-refractivity contribution in [3.05, 3.63) is 22.7 Å². The number of rotatable bonds is 5. The molecule has 0 unspecified atom stereocenters. The number of nitrogens with two attached hydrogens (primary N) is 1. The van der Waals surface area contributed by atoms with Gasteiger partial charge in [0.2, 0.25) is 15.9 Å². The Morgan fingerprint density at radius 2 is 2.05 bits per heavy atom. The second-order valence-electron chi connectivity index (χ2n) is 4.12. The van der Waals surface area contributed by atoms with E-state index in [9.17, 15) is 13.2 Å². The van der Waals surface area contributed by atoms with Crippen LogP contribution >= 0.6 is 15.9 Å². The number of nitrogen functional groups attached to an aromatic ring is 1. The van der Waals surface area contributed by atoms with Crippen molar-refractivity contribution in [2.75, 3.05) is 26.4 Å². The molecule has 1 aromatic carbocycles. The predicted molar refractivity (Wildman–Crippen MR) is 77.1 cm³/mol. The number of nitrogens with one attached hydrogen (secondary N) is 1. The van der Waals surface area contributed by atoms with Crippen molar-refractivity contribution in [1.29, 1.82) is 0 Å². The first-order chi connectivity index (χ1) is 8.74. The lowest BCUT2D eigenvalue weighted by Gasteiger charge is -2.11. The molecule has 1 amide bonds. The summed E-state index contributed by atoms with van der Waals surface area (Å²) in [5.41, 5.74) is 6.05. The second kappa shape index (κ2) is 6.36. The van der Waals surface area contributed by atoms with Gasteiger partial charge < -0.3 is 10.6 Å². The maximum atomic E-state index is 11.9. The van der Waals surface area contributed by atoms with E-state index in [-0.39, 0.29) is 23.8 Å². The zero-order chi connectivity index (χ0) is 14.6. The highest BCUT2D eigenvalue weighted by Crippen LogP contribution is 2.22. The summed E-state index contributed by atoms with van der Waals surface area (Å²) < 4.78 is 26.8. The number of hydrogen-bond acceptors (Lipinski definition) is 4. The van der Waals surface area contributed by atoms with Gasteiger partial charge in [-0.3, -0.25) is 4.79 Å². The number of benzene rings is 1. The zero-order valence-electron chi connectivity index (χ0n) is 10.7. The summed E-state index contributed by atoms with van der Waals surface area (Å²) >= 11 is 3.17. The molecular weight excluding hydrogens is 334 g/mol. The summed E-state index contributed by atoms with van der Waals surface area (Å²) in [4.78, 5) is 12.8. The fourth-order valence-electron chi connectivity index (χ4n) is 1.27. The van der Waals surface area contributed by atoms with Crippen LogP contribution in [0.3, 0.4) is 0 Å². The van der Waals surface area contributed by atoms with Crippen molar-refractivity contribution < 1.29 is 13.2 Å². The monoisotopic (exact) mass is 349 g/mol. The third-order valence-electron chi connectivity index (χ3n) is 2.41. The van der Waals surface area contributed by atoms with Crippen LogP contribution in [0.1, 0.15) is 6.42 Å². The number of hydrogen-bond donors (Lipinski definition) is 2. The topological polar surface area (TPSA) is 92.5 Å². The summed E-state index contributed by atoms with van der Waals surface area (Å²) in [6.45, 7) is 0.0569. The SMILES string of the molecule is CN(C)C(=O)CCNS(=O)(=O)c1ccc(N)c(Br)c1. The quantitative estimate of drug-likeness (QED) is 0.768. The van der Waals surface area contributed by atoms with Gasteiger partial charge in [-0.15, -0.1) is 0 Å². The Bertz CT molecular complexity index is 573. The Hall–Kier alpha value is -1.12. The summed E-state index contributed by atoms with van der Waals surface area (Å²) in [7, 11) is -0.389. The number of nitrogens with zero attached hydrogens (tertiary/aromatic N) is 1. The third kappa shape index (κ3) is 4.48. The molecular formula is C11H16BrN3O3S. The van der Waals surface area contributed by atoms with Crippen LogP contribution in [0.15, 0.2) is 27.6 Å². The summed E-state index contributed by atoms with van der Waals surface area (Å²) in [5.74, 6) is -0.138. The molecule has 19 heavy (non-hydrogen) atoms. The van der Waals surface area contributed by atoms with E-state index in [4.69, 9.17) is 5.73 Å². The molecule has 1 rings (SSSR count). The molecule has 0 atom stereocenters. The Balaban J connectivity index is 2.71. The van der Waals surface area contributed by atoms with Gasteiger partial charge in [0.05, 0.1) is 4.90 Å². The largest absolute Gasteiger partial charge is 0.398 e. The Morgan fingerprint density at radius 1 is 1.42 bits per heavy atom. The molecule has 0 aliphatic rings. The number of halogens is 1. The van der Waals surface area contributed by atoms with Crippen LogP contribution in [0.4, 0.5) is 5.69 Å². The summed E-state index contributed by atoms with van der Waals surface area (Å²) in [5, 5.41) is 0. The average Bonchev–Trinajstić information content (AvgIpc) is 2.32. The van der Waals surface area contributed by atoms with Gasteiger partial charge in [-0.05, 0) is 34.1 Å². The first-order valence-electron chi connectivity index (χ1n) is 5.49. The Morgan fingerprint density at radius 3 is 2.58 bits per heavy atom. The lowest BCUT2D eigenvalue weighted by atomic mass is 10.3. The fourth-order valence-corrected chi connectivity index (χ4v) is 2.86. The molecule has 106 valence electrons. The van der Waals surface area contributed by atoms with Crippen LogP contribution in [0, 0.1) is 0 Å². The van der Waals surface area contributed by atoms with Gasteiger partial charge in [-0.25, -0.2) is 13.1 Å². The molecule has 0 heterocycles. The van der Waals surface area contributed by atoms with E-state index in [0.29, 0.717) is 10.2 Å². The minimum absolute atomic E-state index is 0.0569. The number of carbonyl (C=O) groups excluding carboxylic acids is 1. The van der Waals surface area contributed by atoms with Gasteiger partial charge in [0.15, 0.2) is 0 Å². The molecule has 0 spiro atoms. The van der Waals surface area contributed by atoms with Crippen molar-refractivity contribution in [3.8, 4) is 0 Å². The van der Waals surface area contributed by atoms with E-state index in [1.807, 2.05) is 0 Å². The zero-order valence-corrected chi connectivity index (χ0v) is 13.1. The highest BCUT2D eigenvalue weighted by Gasteiger charge is 2.15. The molecule has 0 radical (unpaired) electrons. The van der Waals surface area contributed by atoms with Crippen molar-refractivity contribution in [2.24, 2.45) is 0 Å². The molecule has 0 saturated carbocycles. The molecule has 0 aliphatic carbocycles. The highest BCUT2D eigenvalue weighted by atomic mass is 79.9. The lowest BCUT2D eigenvalue weighted by molar-refractivity contribution is -0.128. The molecule has 0 fully saturated rings. The van der Waals surface area contributed by atoms with Crippen molar-refractivity contribution in [1.82, 2.24) is 9.62 Å². The van der Waals surface area contributed by atoms with Crippen LogP contribution in [0.2, 0.25) is 0 Å². The molecule has 1 aromatic rings. The smallest absolute Gasteiger partial charge is 0.240 e. The van der Waals surface area contributed by atoms with Crippen LogP contribution in [0.5, 0.6) is 0 Å². The highest BCUT2D eigenvalue weighted by molar-refractivity contribution is 9.10. The second-order valence-corrected chi connectivity index (χ2v) is 6.74. The van der Waals surface area contributed by atoms with Crippen molar-refractivity contribution in [2.45, 2.75) is 11.3 Å². The average molecular weight is 350 g/mol. The van der Waals surface area contributed by atoms with Crippen LogP contribution < -0.4 is 10.5 Å². The maximum Gasteiger partial charge on any atom is 0.240 e. The van der Waals surface area contributed by atoms with E-state index >= 15 is 0 Å². The van der Waals surface area contributed by atoms with Crippen molar-refractivity contribution >= 4 is 37.5 Å². The standard InChI is InChI=1S/C11H16BrN3O3S/c1-15(2)11(16)5-6-14-19(17,18)8-3-4-10(13)9(12)7-8/h3-4,7,14H,5-6,13H2,1-2H3. The van der Waals surface area contributed by atoms with E-state index in [1.165, 1.54) is 23.1 Å². The first kappa shape index (κ1) is 15.9. The summed E-state index contributed by atoms with van der Waals surface area (Å²) in [6, 6.07) is 4.34. The molecule has 0 saturated heterocycles. The number of anilines is 1. The number of carbonyl (C=O) groups is 1. The Kier molecular flexibility index (Phi) is 5.33. The fraction of sp³-hybridized carbons (Fsp3) is 0.364.